The van der Waals surface area contributed by atoms with Crippen molar-refractivity contribution in [2.45, 2.75) is 46.6 Å². The summed E-state index contributed by atoms with van der Waals surface area (Å²) in [4.78, 5) is 2.55. The van der Waals surface area contributed by atoms with Gasteiger partial charge in [0.2, 0.25) is 0 Å². The highest BCUT2D eigenvalue weighted by Gasteiger charge is 2.21. The van der Waals surface area contributed by atoms with Gasteiger partial charge in [-0.1, -0.05) is 19.9 Å². The van der Waals surface area contributed by atoms with E-state index in [-0.39, 0.29) is 11.9 Å². The molecule has 0 radical (unpaired) electrons. The first-order valence-electron chi connectivity index (χ1n) is 7.65. The monoisotopic (exact) mass is 305 g/mol. The van der Waals surface area contributed by atoms with Gasteiger partial charge in [-0.25, -0.2) is 4.39 Å². The van der Waals surface area contributed by atoms with E-state index in [4.69, 9.17) is 0 Å². The van der Waals surface area contributed by atoms with E-state index in [2.05, 4.69) is 37.4 Å². The quantitative estimate of drug-likeness (QED) is 0.777. The predicted octanol–water partition coefficient (Wildman–Crippen LogP) is 5.16. The van der Waals surface area contributed by atoms with Crippen LogP contribution >= 0.6 is 11.3 Å². The second-order valence-electron chi connectivity index (χ2n) is 5.52. The summed E-state index contributed by atoms with van der Waals surface area (Å²) in [6, 6.07) is 7.94. The van der Waals surface area contributed by atoms with E-state index in [1.165, 1.54) is 9.75 Å². The molecule has 1 unspecified atom stereocenters. The van der Waals surface area contributed by atoms with Crippen LogP contribution in [0, 0.1) is 19.7 Å². The lowest BCUT2D eigenvalue weighted by atomic mass is 9.97. The van der Waals surface area contributed by atoms with Gasteiger partial charge in [0.25, 0.3) is 0 Å². The summed E-state index contributed by atoms with van der Waals surface area (Å²) in [6.07, 6.45) is 2.07. The number of halogens is 1. The normalized spacial score (nSPS) is 12.6. The minimum absolute atomic E-state index is 0.0455. The van der Waals surface area contributed by atoms with Crippen molar-refractivity contribution in [3.8, 4) is 0 Å². The average Bonchev–Trinajstić information content (AvgIpc) is 2.90. The molecule has 0 bridgehead atoms. The molecule has 1 atom stereocenters. The number of thiophene rings is 1. The van der Waals surface area contributed by atoms with Crippen molar-refractivity contribution < 1.29 is 4.39 Å². The molecule has 1 N–H and O–H groups in total. The maximum absolute atomic E-state index is 14.5. The van der Waals surface area contributed by atoms with Crippen LogP contribution in [-0.4, -0.2) is 6.54 Å². The Morgan fingerprint density at radius 3 is 2.52 bits per heavy atom. The van der Waals surface area contributed by atoms with Crippen LogP contribution in [0.2, 0.25) is 0 Å². The number of aryl methyl sites for hydroxylation is 3. The lowest BCUT2D eigenvalue weighted by Crippen LogP contribution is -2.24. The van der Waals surface area contributed by atoms with Crippen molar-refractivity contribution in [1.82, 2.24) is 5.32 Å². The predicted molar refractivity (Wildman–Crippen MR) is 89.7 cm³/mol. The summed E-state index contributed by atoms with van der Waals surface area (Å²) in [7, 11) is 0. The molecule has 0 saturated carbocycles. The van der Waals surface area contributed by atoms with Crippen LogP contribution in [0.25, 0.3) is 0 Å². The van der Waals surface area contributed by atoms with E-state index in [1.807, 2.05) is 13.8 Å². The largest absolute Gasteiger partial charge is 0.306 e. The SMILES string of the molecule is CCCNC(c1ccc(CC)s1)c1c(C)cc(C)cc1F. The van der Waals surface area contributed by atoms with Gasteiger partial charge in [-0.05, 0) is 62.6 Å². The fraction of sp³-hybridized carbons (Fsp3) is 0.444. The summed E-state index contributed by atoms with van der Waals surface area (Å²) < 4.78 is 14.5. The molecule has 1 heterocycles. The molecule has 2 aromatic rings. The van der Waals surface area contributed by atoms with Crippen molar-refractivity contribution >= 4 is 11.3 Å². The zero-order valence-corrected chi connectivity index (χ0v) is 14.1. The molecular formula is C18H24FNS. The third-order valence-corrected chi connectivity index (χ3v) is 4.98. The molecule has 0 aliphatic rings. The van der Waals surface area contributed by atoms with Crippen molar-refractivity contribution in [3.05, 3.63) is 56.5 Å². The van der Waals surface area contributed by atoms with Crippen molar-refractivity contribution in [2.24, 2.45) is 0 Å². The zero-order valence-electron chi connectivity index (χ0n) is 13.3. The van der Waals surface area contributed by atoms with Gasteiger partial charge < -0.3 is 5.32 Å². The fourth-order valence-electron chi connectivity index (χ4n) is 2.67. The molecule has 0 spiro atoms. The Bertz CT molecular complexity index is 580. The molecule has 0 aliphatic heterocycles. The molecule has 2 rings (SSSR count). The lowest BCUT2D eigenvalue weighted by Gasteiger charge is -2.21. The maximum Gasteiger partial charge on any atom is 0.128 e. The Morgan fingerprint density at radius 1 is 1.19 bits per heavy atom. The molecule has 1 aromatic heterocycles. The molecule has 114 valence electrons. The van der Waals surface area contributed by atoms with Crippen LogP contribution < -0.4 is 5.32 Å². The Balaban J connectivity index is 2.45. The second-order valence-corrected chi connectivity index (χ2v) is 6.72. The van der Waals surface area contributed by atoms with Crippen molar-refractivity contribution in [1.29, 1.82) is 0 Å². The van der Waals surface area contributed by atoms with Gasteiger partial charge in [0.1, 0.15) is 5.82 Å². The fourth-order valence-corrected chi connectivity index (χ4v) is 3.70. The average molecular weight is 305 g/mol. The smallest absolute Gasteiger partial charge is 0.128 e. The summed E-state index contributed by atoms with van der Waals surface area (Å²) in [6.45, 7) is 9.11. The topological polar surface area (TPSA) is 12.0 Å². The first-order chi connectivity index (χ1) is 10.1. The highest BCUT2D eigenvalue weighted by atomic mass is 32.1. The second kappa shape index (κ2) is 7.19. The van der Waals surface area contributed by atoms with Crippen LogP contribution in [0.4, 0.5) is 4.39 Å². The van der Waals surface area contributed by atoms with Gasteiger partial charge in [0.05, 0.1) is 6.04 Å². The molecule has 0 saturated heterocycles. The summed E-state index contributed by atoms with van der Waals surface area (Å²) in [5, 5.41) is 3.51. The van der Waals surface area contributed by atoms with E-state index in [9.17, 15) is 4.39 Å². The van der Waals surface area contributed by atoms with Crippen LogP contribution in [0.3, 0.4) is 0 Å². The first kappa shape index (κ1) is 16.2. The third kappa shape index (κ3) is 3.72. The maximum atomic E-state index is 14.5. The highest BCUT2D eigenvalue weighted by Crippen LogP contribution is 2.32. The molecule has 21 heavy (non-hydrogen) atoms. The van der Waals surface area contributed by atoms with Crippen molar-refractivity contribution in [2.75, 3.05) is 6.54 Å². The zero-order chi connectivity index (χ0) is 15.4. The Kier molecular flexibility index (Phi) is 5.54. The summed E-state index contributed by atoms with van der Waals surface area (Å²) in [5.74, 6) is -0.104. The van der Waals surface area contributed by atoms with Crippen LogP contribution in [-0.2, 0) is 6.42 Å². The van der Waals surface area contributed by atoms with E-state index >= 15 is 0 Å². The first-order valence-corrected chi connectivity index (χ1v) is 8.47. The molecule has 3 heteroatoms. The van der Waals surface area contributed by atoms with E-state index in [0.29, 0.717) is 0 Å². The molecule has 1 nitrogen and oxygen atoms in total. The van der Waals surface area contributed by atoms with Gasteiger partial charge in [-0.15, -0.1) is 11.3 Å². The third-order valence-electron chi connectivity index (χ3n) is 3.68. The number of hydrogen-bond acceptors (Lipinski definition) is 2. The number of hydrogen-bond donors (Lipinski definition) is 1. The van der Waals surface area contributed by atoms with Crippen LogP contribution in [0.5, 0.6) is 0 Å². The van der Waals surface area contributed by atoms with E-state index in [1.54, 1.807) is 17.4 Å². The lowest BCUT2D eigenvalue weighted by molar-refractivity contribution is 0.547. The van der Waals surface area contributed by atoms with Gasteiger partial charge >= 0.3 is 0 Å². The molecule has 0 fully saturated rings. The van der Waals surface area contributed by atoms with E-state index in [0.717, 1.165) is 36.1 Å². The van der Waals surface area contributed by atoms with Crippen LogP contribution in [0.1, 0.15) is 52.8 Å². The Morgan fingerprint density at radius 2 is 1.95 bits per heavy atom. The van der Waals surface area contributed by atoms with Gasteiger partial charge in [-0.2, -0.15) is 0 Å². The van der Waals surface area contributed by atoms with Crippen molar-refractivity contribution in [3.63, 3.8) is 0 Å². The molecule has 0 amide bonds. The van der Waals surface area contributed by atoms with Crippen LogP contribution in [0.15, 0.2) is 24.3 Å². The highest BCUT2D eigenvalue weighted by molar-refractivity contribution is 7.12. The summed E-state index contributed by atoms with van der Waals surface area (Å²) in [5.41, 5.74) is 2.79. The molecular weight excluding hydrogens is 281 g/mol. The Labute approximate surface area is 131 Å². The molecule has 1 aromatic carbocycles. The van der Waals surface area contributed by atoms with E-state index < -0.39 is 0 Å². The number of benzene rings is 1. The standard InChI is InChI=1S/C18H24FNS/c1-5-9-20-18(16-8-7-14(6-2)21-16)17-13(4)10-12(3)11-15(17)19/h7-8,10-11,18,20H,5-6,9H2,1-4H3. The van der Waals surface area contributed by atoms with Gasteiger partial charge in [0.15, 0.2) is 0 Å². The minimum atomic E-state index is -0.104. The Hall–Kier alpha value is -1.19. The number of rotatable bonds is 6. The molecule has 0 aliphatic carbocycles. The number of nitrogens with one attached hydrogen (secondary N) is 1. The van der Waals surface area contributed by atoms with Gasteiger partial charge in [-0.3, -0.25) is 0 Å². The van der Waals surface area contributed by atoms with Gasteiger partial charge in [0, 0.05) is 15.3 Å². The minimum Gasteiger partial charge on any atom is -0.306 e. The summed E-state index contributed by atoms with van der Waals surface area (Å²) >= 11 is 1.78.